The Hall–Kier alpha value is -3.12. The maximum absolute atomic E-state index is 13.0. The number of aliphatic imine (C=N–C) groups is 1. The molecule has 26 heavy (non-hydrogen) atoms. The number of hydrogen-bond acceptors (Lipinski definition) is 3. The van der Waals surface area contributed by atoms with Gasteiger partial charge in [-0.05, 0) is 66.4 Å². The van der Waals surface area contributed by atoms with Crippen molar-refractivity contribution in [3.05, 3.63) is 89.3 Å². The first-order valence-electron chi connectivity index (χ1n) is 7.97. The van der Waals surface area contributed by atoms with Gasteiger partial charge in [0, 0.05) is 17.6 Å². The molecule has 2 aromatic carbocycles. The zero-order valence-electron chi connectivity index (χ0n) is 13.6. The van der Waals surface area contributed by atoms with Crippen molar-refractivity contribution in [1.82, 2.24) is 9.88 Å². The van der Waals surface area contributed by atoms with Gasteiger partial charge < -0.3 is 9.88 Å². The standard InChI is InChI=1S/C20H14FN3OS/c21-14-8-10-15(11-9-14)22-20-23-19(25)18(26-20)13-17-7-4-12-24(17)16-5-2-1-3-6-16/h1-13H,(H,22,23,25)/b18-13+. The zero-order chi connectivity index (χ0) is 17.9. The number of para-hydroxylation sites is 1. The maximum atomic E-state index is 13.0. The van der Waals surface area contributed by atoms with Crippen LogP contribution in [0.2, 0.25) is 0 Å². The second-order valence-electron chi connectivity index (χ2n) is 5.60. The number of amidine groups is 1. The predicted octanol–water partition coefficient (Wildman–Crippen LogP) is 4.51. The molecule has 128 valence electrons. The number of rotatable bonds is 3. The number of carbonyl (C=O) groups excluding carboxylic acids is 1. The Labute approximate surface area is 154 Å². The van der Waals surface area contributed by atoms with E-state index in [9.17, 15) is 9.18 Å². The third-order valence-electron chi connectivity index (χ3n) is 3.80. The minimum Gasteiger partial charge on any atom is -0.317 e. The molecule has 1 aromatic heterocycles. The molecular weight excluding hydrogens is 349 g/mol. The Kier molecular flexibility index (Phi) is 4.41. The number of thioether (sulfide) groups is 1. The second-order valence-corrected chi connectivity index (χ2v) is 6.63. The largest absolute Gasteiger partial charge is 0.317 e. The number of benzene rings is 2. The highest BCUT2D eigenvalue weighted by atomic mass is 32.2. The van der Waals surface area contributed by atoms with Gasteiger partial charge >= 0.3 is 0 Å². The van der Waals surface area contributed by atoms with E-state index in [0.29, 0.717) is 15.8 Å². The van der Waals surface area contributed by atoms with E-state index in [4.69, 9.17) is 0 Å². The minimum atomic E-state index is -0.320. The summed E-state index contributed by atoms with van der Waals surface area (Å²) in [6.45, 7) is 0. The lowest BCUT2D eigenvalue weighted by Gasteiger charge is -2.06. The van der Waals surface area contributed by atoms with E-state index in [0.717, 1.165) is 11.4 Å². The van der Waals surface area contributed by atoms with Crippen LogP contribution >= 0.6 is 11.8 Å². The zero-order valence-corrected chi connectivity index (χ0v) is 14.4. The predicted molar refractivity (Wildman–Crippen MR) is 103 cm³/mol. The molecule has 1 aliphatic rings. The van der Waals surface area contributed by atoms with Crippen LogP contribution in [0.3, 0.4) is 0 Å². The molecule has 0 radical (unpaired) electrons. The summed E-state index contributed by atoms with van der Waals surface area (Å²) in [5.41, 5.74) is 2.51. The van der Waals surface area contributed by atoms with E-state index in [1.54, 1.807) is 12.1 Å². The first kappa shape index (κ1) is 16.4. The quantitative estimate of drug-likeness (QED) is 0.696. The molecule has 2 heterocycles. The summed E-state index contributed by atoms with van der Waals surface area (Å²) in [7, 11) is 0. The van der Waals surface area contributed by atoms with Crippen LogP contribution in [-0.2, 0) is 4.79 Å². The van der Waals surface area contributed by atoms with Crippen molar-refractivity contribution in [2.75, 3.05) is 0 Å². The lowest BCUT2D eigenvalue weighted by atomic mass is 10.3. The molecule has 0 atom stereocenters. The van der Waals surface area contributed by atoms with Gasteiger partial charge in [0.15, 0.2) is 5.17 Å². The molecular formula is C20H14FN3OS. The van der Waals surface area contributed by atoms with Gasteiger partial charge in [-0.15, -0.1) is 0 Å². The van der Waals surface area contributed by atoms with Crippen LogP contribution in [0.5, 0.6) is 0 Å². The van der Waals surface area contributed by atoms with Gasteiger partial charge in [-0.3, -0.25) is 4.79 Å². The van der Waals surface area contributed by atoms with Crippen LogP contribution in [0.1, 0.15) is 5.69 Å². The highest BCUT2D eigenvalue weighted by Gasteiger charge is 2.24. The monoisotopic (exact) mass is 363 g/mol. The Morgan fingerprint density at radius 3 is 2.54 bits per heavy atom. The molecule has 0 saturated carbocycles. The fraction of sp³-hybridized carbons (Fsp3) is 0. The molecule has 0 bridgehead atoms. The Balaban J connectivity index is 1.60. The summed E-state index contributed by atoms with van der Waals surface area (Å²) in [5.74, 6) is -0.518. The number of nitrogens with one attached hydrogen (secondary N) is 1. The summed E-state index contributed by atoms with van der Waals surface area (Å²) in [6, 6.07) is 19.6. The van der Waals surface area contributed by atoms with E-state index in [-0.39, 0.29) is 11.7 Å². The highest BCUT2D eigenvalue weighted by molar-refractivity contribution is 8.18. The summed E-state index contributed by atoms with van der Waals surface area (Å²) in [5, 5.41) is 3.22. The Morgan fingerprint density at radius 1 is 1.00 bits per heavy atom. The van der Waals surface area contributed by atoms with Crippen LogP contribution < -0.4 is 5.32 Å². The third kappa shape index (κ3) is 3.45. The maximum Gasteiger partial charge on any atom is 0.264 e. The number of aromatic nitrogens is 1. The lowest BCUT2D eigenvalue weighted by molar-refractivity contribution is -0.115. The van der Waals surface area contributed by atoms with Crippen molar-refractivity contribution in [1.29, 1.82) is 0 Å². The molecule has 6 heteroatoms. The average Bonchev–Trinajstić information content (AvgIpc) is 3.25. The van der Waals surface area contributed by atoms with Gasteiger partial charge in [-0.1, -0.05) is 18.2 Å². The second kappa shape index (κ2) is 7.01. The fourth-order valence-electron chi connectivity index (χ4n) is 2.58. The molecule has 0 spiro atoms. The van der Waals surface area contributed by atoms with E-state index >= 15 is 0 Å². The average molecular weight is 363 g/mol. The lowest BCUT2D eigenvalue weighted by Crippen LogP contribution is -2.19. The van der Waals surface area contributed by atoms with Gasteiger partial charge in [-0.25, -0.2) is 9.38 Å². The number of halogens is 1. The topological polar surface area (TPSA) is 46.4 Å². The van der Waals surface area contributed by atoms with E-state index < -0.39 is 0 Å². The summed E-state index contributed by atoms with van der Waals surface area (Å²) < 4.78 is 15.0. The molecule has 4 rings (SSSR count). The fourth-order valence-corrected chi connectivity index (χ4v) is 3.41. The van der Waals surface area contributed by atoms with Crippen molar-refractivity contribution in [2.45, 2.75) is 0 Å². The molecule has 0 unspecified atom stereocenters. The SMILES string of the molecule is O=C1NC(=Nc2ccc(F)cc2)S/C1=C/c1cccn1-c1ccccc1. The van der Waals surface area contributed by atoms with Crippen LogP contribution in [0, 0.1) is 5.82 Å². The van der Waals surface area contributed by atoms with Gasteiger partial charge in [0.05, 0.1) is 10.6 Å². The first-order valence-corrected chi connectivity index (χ1v) is 8.79. The molecule has 1 N–H and O–H groups in total. The van der Waals surface area contributed by atoms with Gasteiger partial charge in [0.25, 0.3) is 5.91 Å². The van der Waals surface area contributed by atoms with Crippen molar-refractivity contribution in [3.8, 4) is 5.69 Å². The summed E-state index contributed by atoms with van der Waals surface area (Å²) in [6.07, 6.45) is 3.78. The Bertz CT molecular complexity index is 1010. The van der Waals surface area contributed by atoms with Crippen molar-refractivity contribution in [2.24, 2.45) is 4.99 Å². The van der Waals surface area contributed by atoms with Gasteiger partial charge in [0.2, 0.25) is 0 Å². The van der Waals surface area contributed by atoms with Gasteiger partial charge in [0.1, 0.15) is 5.82 Å². The normalized spacial score (nSPS) is 17.0. The molecule has 1 fully saturated rings. The van der Waals surface area contributed by atoms with Crippen LogP contribution in [0.15, 0.2) is 82.8 Å². The van der Waals surface area contributed by atoms with Crippen LogP contribution in [0.4, 0.5) is 10.1 Å². The molecule has 0 aliphatic carbocycles. The minimum absolute atomic E-state index is 0.198. The smallest absolute Gasteiger partial charge is 0.264 e. The summed E-state index contributed by atoms with van der Waals surface area (Å²) >= 11 is 1.26. The van der Waals surface area contributed by atoms with E-state index in [2.05, 4.69) is 10.3 Å². The van der Waals surface area contributed by atoms with Crippen LogP contribution in [0.25, 0.3) is 11.8 Å². The van der Waals surface area contributed by atoms with Crippen molar-refractivity contribution < 1.29 is 9.18 Å². The van der Waals surface area contributed by atoms with Crippen LogP contribution in [-0.4, -0.2) is 15.6 Å². The number of nitrogens with zero attached hydrogens (tertiary/aromatic N) is 2. The van der Waals surface area contributed by atoms with E-state index in [1.165, 1.54) is 23.9 Å². The van der Waals surface area contributed by atoms with Crippen molar-refractivity contribution >= 4 is 34.6 Å². The van der Waals surface area contributed by atoms with E-state index in [1.807, 2.05) is 59.3 Å². The molecule has 1 amide bonds. The number of hydrogen-bond donors (Lipinski definition) is 1. The first-order chi connectivity index (χ1) is 12.7. The number of amides is 1. The molecule has 4 nitrogen and oxygen atoms in total. The molecule has 1 aliphatic heterocycles. The third-order valence-corrected chi connectivity index (χ3v) is 4.71. The number of carbonyl (C=O) groups is 1. The van der Waals surface area contributed by atoms with Crippen molar-refractivity contribution in [3.63, 3.8) is 0 Å². The summed E-state index contributed by atoms with van der Waals surface area (Å²) in [4.78, 5) is 17.2. The molecule has 3 aromatic rings. The highest BCUT2D eigenvalue weighted by Crippen LogP contribution is 2.28. The van der Waals surface area contributed by atoms with Gasteiger partial charge in [-0.2, -0.15) is 0 Å². The Morgan fingerprint density at radius 2 is 1.77 bits per heavy atom. The molecule has 1 saturated heterocycles.